The second kappa shape index (κ2) is 9.57. The van der Waals surface area contributed by atoms with E-state index >= 15 is 4.39 Å². The summed E-state index contributed by atoms with van der Waals surface area (Å²) in [4.78, 5) is 51.8. The Morgan fingerprint density at radius 3 is 2.38 bits per heavy atom. The molecule has 0 radical (unpaired) electrons. The first-order valence-electron chi connectivity index (χ1n) is 11.5. The highest BCUT2D eigenvalue weighted by atomic mass is 32.2. The van der Waals surface area contributed by atoms with E-state index < -0.39 is 40.9 Å². The highest BCUT2D eigenvalue weighted by Crippen LogP contribution is 2.46. The number of guanidine groups is 1. The fourth-order valence-electron chi connectivity index (χ4n) is 4.24. The standard InChI is InChI=1S/C23H27FN6O6S/c1-11-30-14-10-15(13(24)9-12(14)17(31)16(19(32)33)18(30)37-11)28-5-7-29(8-6-28)21(34)26-20(25)27-22(35)36-23(2,3)4/h9-11H,5-8H2,1-4H3,(H,32,33)(H3,25,26,27,34,35). The predicted octanol–water partition coefficient (Wildman–Crippen LogP) is 2.75. The number of hydrogen-bond donors (Lipinski definition) is 4. The Balaban J connectivity index is 1.46. The average Bonchev–Trinajstić information content (AvgIpc) is 2.77. The summed E-state index contributed by atoms with van der Waals surface area (Å²) < 4.78 is 21.9. The van der Waals surface area contributed by atoms with Gasteiger partial charge in [0, 0.05) is 31.6 Å². The zero-order valence-electron chi connectivity index (χ0n) is 20.7. The first-order valence-corrected chi connectivity index (χ1v) is 12.4. The monoisotopic (exact) mass is 534 g/mol. The summed E-state index contributed by atoms with van der Waals surface area (Å²) in [6.45, 7) is 7.85. The van der Waals surface area contributed by atoms with E-state index in [2.05, 4.69) is 10.6 Å². The summed E-state index contributed by atoms with van der Waals surface area (Å²) in [7, 11) is 0. The number of rotatable bonds is 2. The van der Waals surface area contributed by atoms with E-state index in [1.165, 1.54) is 16.7 Å². The maximum absolute atomic E-state index is 15.1. The van der Waals surface area contributed by atoms with E-state index in [0.717, 1.165) is 6.07 Å². The second-order valence-electron chi connectivity index (χ2n) is 9.63. The number of halogens is 1. The van der Waals surface area contributed by atoms with Gasteiger partial charge in [-0.25, -0.2) is 18.8 Å². The molecule has 1 aromatic heterocycles. The van der Waals surface area contributed by atoms with Crippen molar-refractivity contribution in [3.05, 3.63) is 33.7 Å². The van der Waals surface area contributed by atoms with Crippen molar-refractivity contribution in [1.82, 2.24) is 20.1 Å². The Labute approximate surface area is 215 Å². The molecular weight excluding hydrogens is 507 g/mol. The largest absolute Gasteiger partial charge is 0.477 e. The predicted molar refractivity (Wildman–Crippen MR) is 135 cm³/mol. The van der Waals surface area contributed by atoms with Crippen molar-refractivity contribution in [2.45, 2.75) is 43.7 Å². The van der Waals surface area contributed by atoms with Crippen LogP contribution in [0.3, 0.4) is 0 Å². The van der Waals surface area contributed by atoms with Crippen molar-refractivity contribution in [2.75, 3.05) is 31.1 Å². The van der Waals surface area contributed by atoms with Gasteiger partial charge in [-0.15, -0.1) is 0 Å². The summed E-state index contributed by atoms with van der Waals surface area (Å²) >= 11 is 1.27. The fraction of sp³-hybridized carbons (Fsp3) is 0.435. The number of carboxylic acid groups (broad SMARTS) is 1. The number of anilines is 1. The lowest BCUT2D eigenvalue weighted by Gasteiger charge is -2.37. The number of aromatic carboxylic acids is 1. The van der Waals surface area contributed by atoms with Crippen LogP contribution in [0.25, 0.3) is 10.9 Å². The molecule has 4 rings (SSSR count). The number of carbonyl (C=O) groups excluding carboxylic acids is 2. The molecule has 1 unspecified atom stereocenters. The molecule has 0 spiro atoms. The van der Waals surface area contributed by atoms with Crippen LogP contribution in [0.2, 0.25) is 0 Å². The van der Waals surface area contributed by atoms with Crippen LogP contribution in [0.4, 0.5) is 19.7 Å². The summed E-state index contributed by atoms with van der Waals surface area (Å²) in [5, 5.41) is 21.9. The number of piperazine rings is 1. The molecule has 0 saturated carbocycles. The van der Waals surface area contributed by atoms with Gasteiger partial charge in [0.25, 0.3) is 0 Å². The summed E-state index contributed by atoms with van der Waals surface area (Å²) in [6.07, 6.45) is -0.868. The van der Waals surface area contributed by atoms with Gasteiger partial charge in [-0.2, -0.15) is 0 Å². The van der Waals surface area contributed by atoms with Crippen molar-refractivity contribution in [1.29, 1.82) is 5.41 Å². The Morgan fingerprint density at radius 1 is 1.16 bits per heavy atom. The highest BCUT2D eigenvalue weighted by molar-refractivity contribution is 8.00. The number of thioether (sulfide) groups is 1. The zero-order valence-corrected chi connectivity index (χ0v) is 21.5. The number of nitrogens with one attached hydrogen (secondary N) is 3. The van der Waals surface area contributed by atoms with E-state index in [0.29, 0.717) is 10.5 Å². The number of alkyl carbamates (subject to hydrolysis) is 1. The number of urea groups is 1. The van der Waals surface area contributed by atoms with Crippen molar-refractivity contribution < 1.29 is 28.6 Å². The molecule has 37 heavy (non-hydrogen) atoms. The van der Waals surface area contributed by atoms with E-state index in [1.54, 1.807) is 36.3 Å². The van der Waals surface area contributed by atoms with Crippen molar-refractivity contribution in [3.8, 4) is 0 Å². The van der Waals surface area contributed by atoms with Crippen LogP contribution >= 0.6 is 11.8 Å². The van der Waals surface area contributed by atoms with Crippen molar-refractivity contribution in [3.63, 3.8) is 0 Å². The van der Waals surface area contributed by atoms with E-state index in [1.807, 2.05) is 6.92 Å². The quantitative estimate of drug-likeness (QED) is 0.338. The van der Waals surface area contributed by atoms with Gasteiger partial charge in [0.2, 0.25) is 11.4 Å². The van der Waals surface area contributed by atoms with E-state index in [-0.39, 0.29) is 48.2 Å². The molecule has 1 atom stereocenters. The van der Waals surface area contributed by atoms with Crippen LogP contribution in [0.5, 0.6) is 0 Å². The molecule has 1 aromatic carbocycles. The molecule has 12 nitrogen and oxygen atoms in total. The van der Waals surface area contributed by atoms with Gasteiger partial charge >= 0.3 is 18.1 Å². The molecule has 2 aliphatic heterocycles. The van der Waals surface area contributed by atoms with Crippen LogP contribution in [-0.4, -0.2) is 70.4 Å². The van der Waals surface area contributed by atoms with Gasteiger partial charge in [-0.3, -0.25) is 20.8 Å². The number of pyridine rings is 1. The smallest absolute Gasteiger partial charge is 0.414 e. The Bertz CT molecular complexity index is 1380. The molecular formula is C23H27FN6O6S. The minimum Gasteiger partial charge on any atom is -0.477 e. The number of amides is 3. The average molecular weight is 535 g/mol. The van der Waals surface area contributed by atoms with Crippen molar-refractivity contribution in [2.24, 2.45) is 0 Å². The van der Waals surface area contributed by atoms with Gasteiger partial charge in [-0.1, -0.05) is 11.8 Å². The molecule has 3 heterocycles. The van der Waals surface area contributed by atoms with Gasteiger partial charge in [-0.05, 0) is 39.8 Å². The van der Waals surface area contributed by atoms with Gasteiger partial charge in [0.05, 0.1) is 21.6 Å². The normalized spacial score (nSPS) is 17.1. The molecule has 4 N–H and O–H groups in total. The zero-order chi connectivity index (χ0) is 27.2. The number of ether oxygens (including phenoxy) is 1. The lowest BCUT2D eigenvalue weighted by Crippen LogP contribution is -2.55. The molecule has 2 aromatic rings. The molecule has 1 saturated heterocycles. The third-order valence-electron chi connectivity index (χ3n) is 5.85. The number of aromatic nitrogens is 1. The Morgan fingerprint density at radius 2 is 1.81 bits per heavy atom. The molecule has 198 valence electrons. The molecule has 1 fully saturated rings. The van der Waals surface area contributed by atoms with Crippen LogP contribution in [-0.2, 0) is 4.74 Å². The van der Waals surface area contributed by atoms with Crippen LogP contribution in [0.15, 0.2) is 22.0 Å². The number of benzene rings is 1. The fourth-order valence-corrected chi connectivity index (χ4v) is 5.39. The van der Waals surface area contributed by atoms with Gasteiger partial charge in [0.15, 0.2) is 0 Å². The second-order valence-corrected chi connectivity index (χ2v) is 10.9. The SMILES string of the molecule is CC1Sc2c(C(=O)O)c(=O)c3cc(F)c(N4CCN(C(=O)NC(=N)NC(=O)OC(C)(C)C)CC4)cc3n21. The topological polar surface area (TPSA) is 157 Å². The number of fused-ring (bicyclic) bond motifs is 3. The first kappa shape index (κ1) is 26.3. The van der Waals surface area contributed by atoms with Crippen LogP contribution in [0.1, 0.15) is 43.4 Å². The Kier molecular flexibility index (Phi) is 6.79. The molecule has 3 amide bonds. The number of carboxylic acids is 1. The van der Waals surface area contributed by atoms with Gasteiger partial charge < -0.3 is 24.2 Å². The lowest BCUT2D eigenvalue weighted by atomic mass is 10.1. The van der Waals surface area contributed by atoms with E-state index in [9.17, 15) is 24.3 Å². The first-order chi connectivity index (χ1) is 17.3. The molecule has 0 bridgehead atoms. The summed E-state index contributed by atoms with van der Waals surface area (Å²) in [6, 6.07) is 2.03. The molecule has 2 aliphatic rings. The van der Waals surface area contributed by atoms with Gasteiger partial charge in [0.1, 0.15) is 17.0 Å². The highest BCUT2D eigenvalue weighted by Gasteiger charge is 2.34. The van der Waals surface area contributed by atoms with Crippen LogP contribution < -0.4 is 21.0 Å². The molecule has 14 heteroatoms. The summed E-state index contributed by atoms with van der Waals surface area (Å²) in [5.74, 6) is -2.54. The maximum atomic E-state index is 15.1. The third-order valence-corrected chi connectivity index (χ3v) is 7.03. The third kappa shape index (κ3) is 5.19. The number of nitrogens with zero attached hydrogens (tertiary/aromatic N) is 3. The van der Waals surface area contributed by atoms with E-state index in [4.69, 9.17) is 10.1 Å². The minimum atomic E-state index is -1.34. The van der Waals surface area contributed by atoms with Crippen LogP contribution in [0, 0.1) is 11.2 Å². The number of carbonyl (C=O) groups is 3. The number of hydrogen-bond acceptors (Lipinski definition) is 8. The summed E-state index contributed by atoms with van der Waals surface area (Å²) in [5.41, 5.74) is -1.13. The van der Waals surface area contributed by atoms with Crippen molar-refractivity contribution >= 4 is 52.4 Å². The Hall–Kier alpha value is -3.81. The minimum absolute atomic E-state index is 0.00330. The maximum Gasteiger partial charge on any atom is 0.414 e. The lowest BCUT2D eigenvalue weighted by molar-refractivity contribution is 0.0560. The molecule has 0 aliphatic carbocycles.